The predicted molar refractivity (Wildman–Crippen MR) is 106 cm³/mol. The number of hydrogen-bond acceptors (Lipinski definition) is 4. The van der Waals surface area contributed by atoms with Gasteiger partial charge in [0.05, 0.1) is 12.2 Å². The second kappa shape index (κ2) is 9.81. The van der Waals surface area contributed by atoms with Crippen molar-refractivity contribution in [1.29, 1.82) is 0 Å². The first-order valence-corrected chi connectivity index (χ1v) is 9.03. The summed E-state index contributed by atoms with van der Waals surface area (Å²) in [6.07, 6.45) is 3.34. The first kappa shape index (κ1) is 20.6. The molecule has 0 aromatic heterocycles. The van der Waals surface area contributed by atoms with Crippen LogP contribution in [0.1, 0.15) is 24.8 Å². The van der Waals surface area contributed by atoms with Crippen LogP contribution in [0.15, 0.2) is 54.6 Å². The number of benzene rings is 2. The van der Waals surface area contributed by atoms with Crippen LogP contribution in [0, 0.1) is 0 Å². The standard InChI is InChI=1S/C21H27NO3.ClH/c23-19-7-9-20(10-8-19)25-16-4-13-22-14-11-21(24,12-15-22)17-18-5-2-1-3-6-18;/h1-3,5-10,23-24H,4,11-17H2;1H. The van der Waals surface area contributed by atoms with E-state index in [1.165, 1.54) is 5.56 Å². The highest BCUT2D eigenvalue weighted by molar-refractivity contribution is 5.85. The Morgan fingerprint density at radius 1 is 0.962 bits per heavy atom. The molecule has 0 unspecified atom stereocenters. The van der Waals surface area contributed by atoms with Crippen molar-refractivity contribution in [2.75, 3.05) is 26.2 Å². The Bertz CT molecular complexity index is 640. The quantitative estimate of drug-likeness (QED) is 0.723. The molecule has 0 radical (unpaired) electrons. The van der Waals surface area contributed by atoms with Crippen LogP contribution < -0.4 is 4.74 Å². The smallest absolute Gasteiger partial charge is 0.119 e. The number of phenolic OH excluding ortho intramolecular Hbond substituents is 1. The van der Waals surface area contributed by atoms with Crippen molar-refractivity contribution < 1.29 is 14.9 Å². The zero-order chi connectivity index (χ0) is 17.5. The number of ether oxygens (including phenoxy) is 1. The monoisotopic (exact) mass is 377 g/mol. The molecule has 0 aliphatic carbocycles. The third-order valence-corrected chi connectivity index (χ3v) is 4.89. The lowest BCUT2D eigenvalue weighted by Gasteiger charge is -2.38. The number of halogens is 1. The van der Waals surface area contributed by atoms with E-state index in [0.29, 0.717) is 6.61 Å². The summed E-state index contributed by atoms with van der Waals surface area (Å²) in [7, 11) is 0. The van der Waals surface area contributed by atoms with E-state index < -0.39 is 5.60 Å². The van der Waals surface area contributed by atoms with Gasteiger partial charge in [-0.15, -0.1) is 12.4 Å². The first-order chi connectivity index (χ1) is 12.1. The molecule has 1 saturated heterocycles. The maximum atomic E-state index is 10.8. The zero-order valence-electron chi connectivity index (χ0n) is 15.0. The summed E-state index contributed by atoms with van der Waals surface area (Å²) in [6, 6.07) is 17.1. The van der Waals surface area contributed by atoms with Crippen LogP contribution in [-0.4, -0.2) is 47.0 Å². The largest absolute Gasteiger partial charge is 0.508 e. The lowest BCUT2D eigenvalue weighted by atomic mass is 9.85. The molecule has 2 aromatic rings. The highest BCUT2D eigenvalue weighted by atomic mass is 35.5. The number of likely N-dealkylation sites (tertiary alicyclic amines) is 1. The lowest BCUT2D eigenvalue weighted by Crippen LogP contribution is -2.46. The molecule has 0 amide bonds. The van der Waals surface area contributed by atoms with Gasteiger partial charge in [-0.2, -0.15) is 0 Å². The van der Waals surface area contributed by atoms with E-state index in [1.54, 1.807) is 24.3 Å². The highest BCUT2D eigenvalue weighted by Crippen LogP contribution is 2.26. The predicted octanol–water partition coefficient (Wildman–Crippen LogP) is 3.65. The normalized spacial score (nSPS) is 16.7. The van der Waals surface area contributed by atoms with E-state index in [1.807, 2.05) is 18.2 Å². The molecule has 1 aliphatic rings. The van der Waals surface area contributed by atoms with Crippen LogP contribution in [-0.2, 0) is 6.42 Å². The molecule has 0 spiro atoms. The number of piperidine rings is 1. The van der Waals surface area contributed by atoms with Crippen molar-refractivity contribution in [2.45, 2.75) is 31.3 Å². The fraction of sp³-hybridized carbons (Fsp3) is 0.429. The average Bonchev–Trinajstić information content (AvgIpc) is 2.62. The highest BCUT2D eigenvalue weighted by Gasteiger charge is 2.32. The molecule has 5 heteroatoms. The van der Waals surface area contributed by atoms with Gasteiger partial charge in [-0.3, -0.25) is 0 Å². The summed E-state index contributed by atoms with van der Waals surface area (Å²) in [4.78, 5) is 2.40. The van der Waals surface area contributed by atoms with Gasteiger partial charge in [-0.1, -0.05) is 30.3 Å². The van der Waals surface area contributed by atoms with E-state index >= 15 is 0 Å². The Labute approximate surface area is 161 Å². The molecule has 1 aliphatic heterocycles. The van der Waals surface area contributed by atoms with Crippen LogP contribution in [0.2, 0.25) is 0 Å². The van der Waals surface area contributed by atoms with Gasteiger partial charge in [0.15, 0.2) is 0 Å². The molecule has 142 valence electrons. The topological polar surface area (TPSA) is 52.9 Å². The van der Waals surface area contributed by atoms with Gasteiger partial charge in [0, 0.05) is 26.1 Å². The summed E-state index contributed by atoms with van der Waals surface area (Å²) >= 11 is 0. The Balaban J connectivity index is 0.00000243. The number of nitrogens with zero attached hydrogens (tertiary/aromatic N) is 1. The Kier molecular flexibility index (Phi) is 7.76. The minimum absolute atomic E-state index is 0. The van der Waals surface area contributed by atoms with E-state index in [4.69, 9.17) is 4.74 Å². The zero-order valence-corrected chi connectivity index (χ0v) is 15.8. The summed E-state index contributed by atoms with van der Waals surface area (Å²) < 4.78 is 5.68. The lowest BCUT2D eigenvalue weighted by molar-refractivity contribution is -0.0212. The van der Waals surface area contributed by atoms with Gasteiger partial charge in [-0.25, -0.2) is 0 Å². The van der Waals surface area contributed by atoms with Crippen LogP contribution in [0.25, 0.3) is 0 Å². The fourth-order valence-corrected chi connectivity index (χ4v) is 3.37. The molecule has 2 aromatic carbocycles. The van der Waals surface area contributed by atoms with Crippen molar-refractivity contribution >= 4 is 12.4 Å². The van der Waals surface area contributed by atoms with Crippen molar-refractivity contribution in [1.82, 2.24) is 4.90 Å². The van der Waals surface area contributed by atoms with Gasteiger partial charge in [0.2, 0.25) is 0 Å². The third-order valence-electron chi connectivity index (χ3n) is 4.89. The molecular weight excluding hydrogens is 350 g/mol. The maximum Gasteiger partial charge on any atom is 0.119 e. The number of aliphatic hydroxyl groups is 1. The molecule has 1 heterocycles. The van der Waals surface area contributed by atoms with E-state index in [2.05, 4.69) is 17.0 Å². The number of aromatic hydroxyl groups is 1. The molecule has 26 heavy (non-hydrogen) atoms. The number of rotatable bonds is 7. The minimum Gasteiger partial charge on any atom is -0.508 e. The van der Waals surface area contributed by atoms with Crippen LogP contribution >= 0.6 is 12.4 Å². The molecule has 1 fully saturated rings. The SMILES string of the molecule is Cl.Oc1ccc(OCCCN2CCC(O)(Cc3ccccc3)CC2)cc1. The van der Waals surface area contributed by atoms with Crippen LogP contribution in [0.3, 0.4) is 0 Å². The number of hydrogen-bond donors (Lipinski definition) is 2. The average molecular weight is 378 g/mol. The summed E-state index contributed by atoms with van der Waals surface area (Å²) in [5.74, 6) is 1.04. The summed E-state index contributed by atoms with van der Waals surface area (Å²) in [5, 5.41) is 20.1. The van der Waals surface area contributed by atoms with Crippen LogP contribution in [0.5, 0.6) is 11.5 Å². The first-order valence-electron chi connectivity index (χ1n) is 9.03. The number of phenols is 1. The van der Waals surface area contributed by atoms with Gasteiger partial charge in [0.25, 0.3) is 0 Å². The maximum absolute atomic E-state index is 10.8. The van der Waals surface area contributed by atoms with Crippen molar-refractivity contribution in [2.24, 2.45) is 0 Å². The van der Waals surface area contributed by atoms with E-state index in [9.17, 15) is 10.2 Å². The second-order valence-electron chi connectivity index (χ2n) is 6.92. The summed E-state index contributed by atoms with van der Waals surface area (Å²) in [6.45, 7) is 3.51. The second-order valence-corrected chi connectivity index (χ2v) is 6.92. The molecule has 4 nitrogen and oxygen atoms in total. The molecule has 3 rings (SSSR count). The van der Waals surface area contributed by atoms with Gasteiger partial charge >= 0.3 is 0 Å². The Morgan fingerprint density at radius 2 is 1.62 bits per heavy atom. The van der Waals surface area contributed by atoms with Gasteiger partial charge in [0.1, 0.15) is 11.5 Å². The molecule has 0 saturated carbocycles. The van der Waals surface area contributed by atoms with Crippen LogP contribution in [0.4, 0.5) is 0 Å². The Hall–Kier alpha value is -1.75. The summed E-state index contributed by atoms with van der Waals surface area (Å²) in [5.41, 5.74) is 0.640. The van der Waals surface area contributed by atoms with Crippen molar-refractivity contribution in [3.05, 3.63) is 60.2 Å². The van der Waals surface area contributed by atoms with Crippen molar-refractivity contribution in [3.8, 4) is 11.5 Å². The van der Waals surface area contributed by atoms with Crippen molar-refractivity contribution in [3.63, 3.8) is 0 Å². The third kappa shape index (κ3) is 6.20. The molecule has 0 bridgehead atoms. The van der Waals surface area contributed by atoms with E-state index in [0.717, 1.165) is 51.1 Å². The molecule has 2 N–H and O–H groups in total. The van der Waals surface area contributed by atoms with Gasteiger partial charge in [-0.05, 0) is 49.1 Å². The molecule has 0 atom stereocenters. The minimum atomic E-state index is -0.569. The Morgan fingerprint density at radius 3 is 2.27 bits per heavy atom. The van der Waals surface area contributed by atoms with Gasteiger partial charge < -0.3 is 19.8 Å². The van der Waals surface area contributed by atoms with E-state index in [-0.39, 0.29) is 18.2 Å². The fourth-order valence-electron chi connectivity index (χ4n) is 3.37. The molecular formula is C21H28ClNO3.